The van der Waals surface area contributed by atoms with Gasteiger partial charge in [-0.3, -0.25) is 0 Å². The van der Waals surface area contributed by atoms with E-state index in [0.717, 1.165) is 9.15 Å². The Balaban J connectivity index is 2.79. The van der Waals surface area contributed by atoms with Gasteiger partial charge in [0, 0.05) is 9.66 Å². The van der Waals surface area contributed by atoms with E-state index >= 15 is 0 Å². The Kier molecular flexibility index (Phi) is 7.33. The van der Waals surface area contributed by atoms with E-state index in [1.165, 1.54) is 36.5 Å². The molecule has 120 valence electrons. The second-order valence-corrected chi connectivity index (χ2v) is 7.65. The number of carbonyl (C=O) groups is 1. The number of allylic oxidation sites excluding steroid dienone is 9. The van der Waals surface area contributed by atoms with Crippen LogP contribution in [0.5, 0.6) is 0 Å². The first-order chi connectivity index (χ1) is 10.2. The standard InChI is InChI=1S/C19H25IO2/c1-14(13-18(21)22)7-5-9-16(20)10-11-17-15(2)8-6-12-19(17,3)4/h5,7,9-11,13H,6,8,12H2,1-4H3,(H,21,22)/b7-5+,11-10+,14-13+,16-9-. The Hall–Kier alpha value is -1.10. The summed E-state index contributed by atoms with van der Waals surface area (Å²) < 4.78 is 1.12. The molecule has 3 heteroatoms. The summed E-state index contributed by atoms with van der Waals surface area (Å²) in [5.74, 6) is -0.914. The molecule has 1 rings (SSSR count). The van der Waals surface area contributed by atoms with Gasteiger partial charge in [0.05, 0.1) is 0 Å². The molecule has 1 aliphatic rings. The zero-order valence-corrected chi connectivity index (χ0v) is 16.0. The third-order valence-corrected chi connectivity index (χ3v) is 4.64. The van der Waals surface area contributed by atoms with Crippen LogP contribution in [0, 0.1) is 5.41 Å². The summed E-state index contributed by atoms with van der Waals surface area (Å²) in [5.41, 5.74) is 3.93. The van der Waals surface area contributed by atoms with E-state index in [9.17, 15) is 4.79 Å². The molecule has 0 radical (unpaired) electrons. The topological polar surface area (TPSA) is 37.3 Å². The quantitative estimate of drug-likeness (QED) is 0.343. The van der Waals surface area contributed by atoms with Crippen molar-refractivity contribution >= 4 is 28.6 Å². The maximum atomic E-state index is 10.5. The van der Waals surface area contributed by atoms with E-state index < -0.39 is 5.97 Å². The number of hydrogen-bond donors (Lipinski definition) is 1. The molecular formula is C19H25IO2. The molecule has 1 aliphatic carbocycles. The Morgan fingerprint density at radius 3 is 2.59 bits per heavy atom. The van der Waals surface area contributed by atoms with Gasteiger partial charge in [-0.2, -0.15) is 0 Å². The minimum Gasteiger partial charge on any atom is -0.478 e. The van der Waals surface area contributed by atoms with E-state index in [1.54, 1.807) is 13.0 Å². The third-order valence-electron chi connectivity index (χ3n) is 3.92. The molecule has 0 heterocycles. The van der Waals surface area contributed by atoms with Crippen LogP contribution in [0.15, 0.2) is 56.8 Å². The predicted octanol–water partition coefficient (Wildman–Crippen LogP) is 5.98. The zero-order chi connectivity index (χ0) is 16.8. The van der Waals surface area contributed by atoms with Crippen molar-refractivity contribution in [2.75, 3.05) is 0 Å². The molecule has 0 spiro atoms. The van der Waals surface area contributed by atoms with Crippen molar-refractivity contribution in [3.8, 4) is 0 Å². The van der Waals surface area contributed by atoms with Crippen LogP contribution in [0.4, 0.5) is 0 Å². The van der Waals surface area contributed by atoms with Gasteiger partial charge in [0.15, 0.2) is 0 Å². The lowest BCUT2D eigenvalue weighted by Gasteiger charge is -2.32. The summed E-state index contributed by atoms with van der Waals surface area (Å²) in [6.07, 6.45) is 15.0. The summed E-state index contributed by atoms with van der Waals surface area (Å²) in [5, 5.41) is 8.65. The highest BCUT2D eigenvalue weighted by molar-refractivity contribution is 14.1. The molecule has 1 N–H and O–H groups in total. The monoisotopic (exact) mass is 412 g/mol. The van der Waals surface area contributed by atoms with Gasteiger partial charge in [-0.1, -0.05) is 37.6 Å². The molecule has 0 aromatic heterocycles. The second-order valence-electron chi connectivity index (χ2n) is 6.40. The first-order valence-electron chi connectivity index (χ1n) is 7.56. The van der Waals surface area contributed by atoms with Crippen molar-refractivity contribution in [3.63, 3.8) is 0 Å². The third kappa shape index (κ3) is 6.34. The van der Waals surface area contributed by atoms with Gasteiger partial charge in [-0.05, 0) is 84.4 Å². The first-order valence-corrected chi connectivity index (χ1v) is 8.63. The summed E-state index contributed by atoms with van der Waals surface area (Å²) in [6, 6.07) is 0. The van der Waals surface area contributed by atoms with Crippen molar-refractivity contribution in [1.82, 2.24) is 0 Å². The molecule has 0 aromatic rings. The molecule has 0 fully saturated rings. The lowest BCUT2D eigenvalue weighted by Crippen LogP contribution is -2.18. The van der Waals surface area contributed by atoms with E-state index in [4.69, 9.17) is 5.11 Å². The molecular weight excluding hydrogens is 387 g/mol. The highest BCUT2D eigenvalue weighted by Crippen LogP contribution is 2.40. The van der Waals surface area contributed by atoms with Crippen LogP contribution in [0.3, 0.4) is 0 Å². The highest BCUT2D eigenvalue weighted by Gasteiger charge is 2.26. The molecule has 2 nitrogen and oxygen atoms in total. The van der Waals surface area contributed by atoms with Crippen molar-refractivity contribution in [2.45, 2.75) is 47.0 Å². The van der Waals surface area contributed by atoms with E-state index in [1.807, 2.05) is 12.2 Å². The second kappa shape index (κ2) is 8.51. The molecule has 0 aromatic carbocycles. The first kappa shape index (κ1) is 18.9. The lowest BCUT2D eigenvalue weighted by molar-refractivity contribution is -0.131. The lowest BCUT2D eigenvalue weighted by atomic mass is 9.73. The minimum absolute atomic E-state index is 0.256. The van der Waals surface area contributed by atoms with Crippen LogP contribution in [-0.4, -0.2) is 11.1 Å². The molecule has 0 atom stereocenters. The van der Waals surface area contributed by atoms with Gasteiger partial charge in [-0.25, -0.2) is 4.79 Å². The van der Waals surface area contributed by atoms with E-state index in [0.29, 0.717) is 0 Å². The summed E-state index contributed by atoms with van der Waals surface area (Å²) in [6.45, 7) is 8.63. The smallest absolute Gasteiger partial charge is 0.328 e. The number of hydrogen-bond acceptors (Lipinski definition) is 1. The van der Waals surface area contributed by atoms with Crippen molar-refractivity contribution < 1.29 is 9.90 Å². The Morgan fingerprint density at radius 1 is 1.32 bits per heavy atom. The number of halogens is 1. The molecule has 0 bridgehead atoms. The molecule has 22 heavy (non-hydrogen) atoms. The number of carboxylic acid groups (broad SMARTS) is 1. The Bertz CT molecular complexity index is 572. The van der Waals surface area contributed by atoms with Gasteiger partial charge in [0.25, 0.3) is 0 Å². The van der Waals surface area contributed by atoms with Crippen LogP contribution in [0.1, 0.15) is 47.0 Å². The van der Waals surface area contributed by atoms with Crippen LogP contribution >= 0.6 is 22.6 Å². The fraction of sp³-hybridized carbons (Fsp3) is 0.421. The molecule has 0 unspecified atom stereocenters. The molecule has 0 saturated carbocycles. The highest BCUT2D eigenvalue weighted by atomic mass is 127. The summed E-state index contributed by atoms with van der Waals surface area (Å²) in [4.78, 5) is 10.5. The fourth-order valence-electron chi connectivity index (χ4n) is 2.76. The van der Waals surface area contributed by atoms with Gasteiger partial charge in [0.2, 0.25) is 0 Å². The Morgan fingerprint density at radius 2 is 2.00 bits per heavy atom. The fourth-order valence-corrected chi connectivity index (χ4v) is 3.15. The summed E-state index contributed by atoms with van der Waals surface area (Å²) in [7, 11) is 0. The number of aliphatic carboxylic acids is 1. The maximum absolute atomic E-state index is 10.5. The molecule has 0 amide bonds. The average molecular weight is 412 g/mol. The largest absolute Gasteiger partial charge is 0.478 e. The van der Waals surface area contributed by atoms with Crippen molar-refractivity contribution in [1.29, 1.82) is 0 Å². The van der Waals surface area contributed by atoms with Crippen LogP contribution < -0.4 is 0 Å². The number of rotatable bonds is 5. The predicted molar refractivity (Wildman–Crippen MR) is 102 cm³/mol. The van der Waals surface area contributed by atoms with Crippen LogP contribution in [-0.2, 0) is 4.79 Å². The van der Waals surface area contributed by atoms with Crippen LogP contribution in [0.25, 0.3) is 0 Å². The minimum atomic E-state index is -0.914. The maximum Gasteiger partial charge on any atom is 0.328 e. The van der Waals surface area contributed by atoms with Crippen molar-refractivity contribution in [2.24, 2.45) is 5.41 Å². The van der Waals surface area contributed by atoms with Crippen LogP contribution in [0.2, 0.25) is 0 Å². The zero-order valence-electron chi connectivity index (χ0n) is 13.8. The van der Waals surface area contributed by atoms with Gasteiger partial charge in [-0.15, -0.1) is 0 Å². The average Bonchev–Trinajstić information content (AvgIpc) is 2.36. The van der Waals surface area contributed by atoms with Crippen molar-refractivity contribution in [3.05, 3.63) is 56.8 Å². The van der Waals surface area contributed by atoms with E-state index in [-0.39, 0.29) is 5.41 Å². The molecule has 0 saturated heterocycles. The van der Waals surface area contributed by atoms with Gasteiger partial charge in [0.1, 0.15) is 0 Å². The normalized spacial score (nSPS) is 20.2. The molecule has 0 aliphatic heterocycles. The van der Waals surface area contributed by atoms with Gasteiger partial charge < -0.3 is 5.11 Å². The Labute approximate surface area is 147 Å². The summed E-state index contributed by atoms with van der Waals surface area (Å²) >= 11 is 2.29. The SMILES string of the molecule is CC1=C(/C=C/C(I)=C/C=C/C(C)=C/C(=O)O)C(C)(C)CCC1. The van der Waals surface area contributed by atoms with E-state index in [2.05, 4.69) is 55.5 Å². The number of carboxylic acids is 1. The van der Waals surface area contributed by atoms with Gasteiger partial charge >= 0.3 is 5.97 Å².